The molecule has 1 heterocycles. The van der Waals surface area contributed by atoms with Crippen LogP contribution in [0.5, 0.6) is 0 Å². The van der Waals surface area contributed by atoms with Crippen LogP contribution in [0.4, 0.5) is 0 Å². The number of aromatic nitrogens is 2. The van der Waals surface area contributed by atoms with Gasteiger partial charge >= 0.3 is 0 Å². The van der Waals surface area contributed by atoms with E-state index in [0.29, 0.717) is 4.64 Å². The molecule has 5 heteroatoms. The van der Waals surface area contributed by atoms with Gasteiger partial charge in [0.1, 0.15) is 13.8 Å². The fourth-order valence-corrected chi connectivity index (χ4v) is 1.17. The van der Waals surface area contributed by atoms with E-state index in [2.05, 4.69) is 41.8 Å². The smallest absolute Gasteiger partial charge is 0.136 e. The highest BCUT2D eigenvalue weighted by Gasteiger charge is 1.92. The summed E-state index contributed by atoms with van der Waals surface area (Å²) in [5, 5.41) is 0. The van der Waals surface area contributed by atoms with Crippen LogP contribution in [0.3, 0.4) is 0 Å². The van der Waals surface area contributed by atoms with Gasteiger partial charge in [0, 0.05) is 0 Å². The second-order valence-electron chi connectivity index (χ2n) is 1.35. The monoisotopic (exact) mass is 268 g/mol. The second kappa shape index (κ2) is 2.90. The summed E-state index contributed by atoms with van der Waals surface area (Å²) >= 11 is 11.2. The summed E-state index contributed by atoms with van der Waals surface area (Å²) in [4.78, 5) is 6.77. The minimum atomic E-state index is 0.616. The molecular weight excluding hydrogens is 268 g/mol. The molecule has 0 atom stereocenters. The van der Waals surface area contributed by atoms with Crippen LogP contribution < -0.4 is 0 Å². The Morgan fingerprint density at radius 3 is 2.67 bits per heavy atom. The maximum absolute atomic E-state index is 4.79. The Labute approximate surface area is 74.0 Å². The third-order valence-electron chi connectivity index (χ3n) is 0.709. The van der Waals surface area contributed by atoms with E-state index in [1.54, 1.807) is 6.20 Å². The Morgan fingerprint density at radius 2 is 2.22 bits per heavy atom. The van der Waals surface area contributed by atoms with Gasteiger partial charge in [-0.15, -0.1) is 0 Å². The Kier molecular flexibility index (Phi) is 2.37. The van der Waals surface area contributed by atoms with Gasteiger partial charge in [-0.1, -0.05) is 12.2 Å². The Hall–Kier alpha value is 0.260. The maximum Gasteiger partial charge on any atom is 0.136 e. The Bertz CT molecular complexity index is 270. The number of halogens is 2. The summed E-state index contributed by atoms with van der Waals surface area (Å²) in [6.07, 6.45) is 1.57. The van der Waals surface area contributed by atoms with Crippen LogP contribution in [0, 0.1) is 4.64 Å². The maximum atomic E-state index is 4.79. The van der Waals surface area contributed by atoms with Crippen molar-refractivity contribution in [2.45, 2.75) is 0 Å². The number of rotatable bonds is 0. The van der Waals surface area contributed by atoms with E-state index in [4.69, 9.17) is 12.2 Å². The molecule has 1 rings (SSSR count). The van der Waals surface area contributed by atoms with E-state index < -0.39 is 0 Å². The average Bonchev–Trinajstić information content (AvgIpc) is 1.80. The topological polar surface area (TPSA) is 28.7 Å². The third-order valence-corrected chi connectivity index (χ3v) is 2.62. The van der Waals surface area contributed by atoms with Gasteiger partial charge in [-0.3, -0.25) is 0 Å². The molecule has 1 N–H and O–H groups in total. The van der Waals surface area contributed by atoms with E-state index in [-0.39, 0.29) is 0 Å². The second-order valence-corrected chi connectivity index (χ2v) is 3.34. The van der Waals surface area contributed by atoms with Gasteiger partial charge in [-0.05, 0) is 31.9 Å². The number of nitrogens with one attached hydrogen (secondary N) is 1. The standard InChI is InChI=1S/C4H2Br2N2S/c5-3-4(6)8-2(9)1-7-3/h1H,(H,8,9). The van der Waals surface area contributed by atoms with Crippen molar-refractivity contribution in [1.29, 1.82) is 0 Å². The van der Waals surface area contributed by atoms with Crippen LogP contribution in [0.1, 0.15) is 0 Å². The Balaban J connectivity index is 3.34. The lowest BCUT2D eigenvalue weighted by atomic mass is 10.8. The van der Waals surface area contributed by atoms with E-state index in [1.807, 2.05) is 0 Å². The molecule has 0 aromatic carbocycles. The highest BCUT2D eigenvalue weighted by Crippen LogP contribution is 2.15. The molecule has 0 radical (unpaired) electrons. The van der Waals surface area contributed by atoms with Crippen LogP contribution >= 0.6 is 44.1 Å². The molecule has 0 amide bonds. The van der Waals surface area contributed by atoms with Gasteiger partial charge in [-0.2, -0.15) is 0 Å². The van der Waals surface area contributed by atoms with Crippen molar-refractivity contribution in [2.75, 3.05) is 0 Å². The van der Waals surface area contributed by atoms with Gasteiger partial charge in [-0.25, -0.2) is 4.98 Å². The molecule has 1 aromatic heterocycles. The van der Waals surface area contributed by atoms with Crippen molar-refractivity contribution in [3.63, 3.8) is 0 Å². The summed E-state index contributed by atoms with van der Waals surface area (Å²) < 4.78 is 2.12. The molecule has 1 aromatic rings. The first-order chi connectivity index (χ1) is 4.20. The molecular formula is C4H2Br2N2S. The molecule has 0 spiro atoms. The van der Waals surface area contributed by atoms with E-state index in [1.165, 1.54) is 0 Å². The predicted octanol–water partition coefficient (Wildman–Crippen LogP) is 2.66. The summed E-state index contributed by atoms with van der Waals surface area (Å²) in [7, 11) is 0. The summed E-state index contributed by atoms with van der Waals surface area (Å²) in [5.41, 5.74) is 0. The summed E-state index contributed by atoms with van der Waals surface area (Å²) in [6, 6.07) is 0. The number of nitrogens with zero attached hydrogens (tertiary/aromatic N) is 1. The van der Waals surface area contributed by atoms with Gasteiger partial charge in [0.15, 0.2) is 0 Å². The van der Waals surface area contributed by atoms with Crippen LogP contribution in [-0.2, 0) is 0 Å². The zero-order chi connectivity index (χ0) is 6.85. The first-order valence-corrected chi connectivity index (χ1v) is 4.10. The molecule has 9 heavy (non-hydrogen) atoms. The average molecular weight is 270 g/mol. The number of aromatic amines is 1. The molecule has 0 unspecified atom stereocenters. The van der Waals surface area contributed by atoms with Crippen molar-refractivity contribution >= 4 is 44.1 Å². The lowest BCUT2D eigenvalue weighted by Gasteiger charge is -1.91. The molecule has 0 saturated carbocycles. The SMILES string of the molecule is S=c1cnc(Br)c(Br)[nH]1. The molecule has 0 saturated heterocycles. The highest BCUT2D eigenvalue weighted by molar-refractivity contribution is 9.13. The minimum absolute atomic E-state index is 0.616. The lowest BCUT2D eigenvalue weighted by molar-refractivity contribution is 1.11. The van der Waals surface area contributed by atoms with Gasteiger partial charge in [0.2, 0.25) is 0 Å². The molecule has 0 fully saturated rings. The largest absolute Gasteiger partial charge is 0.337 e. The number of H-pyrrole nitrogens is 1. The van der Waals surface area contributed by atoms with Crippen molar-refractivity contribution in [2.24, 2.45) is 0 Å². The van der Waals surface area contributed by atoms with Crippen LogP contribution in [0.25, 0.3) is 0 Å². The summed E-state index contributed by atoms with van der Waals surface area (Å²) in [5.74, 6) is 0. The van der Waals surface area contributed by atoms with Crippen molar-refractivity contribution < 1.29 is 0 Å². The molecule has 2 nitrogen and oxygen atoms in total. The zero-order valence-electron chi connectivity index (χ0n) is 4.19. The first-order valence-electron chi connectivity index (χ1n) is 2.10. The summed E-state index contributed by atoms with van der Waals surface area (Å²) in [6.45, 7) is 0. The van der Waals surface area contributed by atoms with Crippen molar-refractivity contribution in [3.8, 4) is 0 Å². The van der Waals surface area contributed by atoms with Crippen LogP contribution in [-0.4, -0.2) is 9.97 Å². The molecule has 0 aliphatic carbocycles. The van der Waals surface area contributed by atoms with E-state index >= 15 is 0 Å². The van der Waals surface area contributed by atoms with E-state index in [0.717, 1.165) is 9.21 Å². The molecule has 0 aliphatic rings. The Morgan fingerprint density at radius 1 is 1.56 bits per heavy atom. The van der Waals surface area contributed by atoms with Crippen LogP contribution in [0.2, 0.25) is 0 Å². The van der Waals surface area contributed by atoms with Crippen molar-refractivity contribution in [3.05, 3.63) is 20.0 Å². The third kappa shape index (κ3) is 1.84. The fourth-order valence-electron chi connectivity index (χ4n) is 0.364. The number of hydrogen-bond donors (Lipinski definition) is 1. The normalized spacial score (nSPS) is 9.56. The van der Waals surface area contributed by atoms with Gasteiger partial charge < -0.3 is 4.98 Å². The van der Waals surface area contributed by atoms with Crippen LogP contribution in [0.15, 0.2) is 15.4 Å². The van der Waals surface area contributed by atoms with Gasteiger partial charge in [0.05, 0.1) is 6.20 Å². The lowest BCUT2D eigenvalue weighted by Crippen LogP contribution is -1.81. The first kappa shape index (κ1) is 7.37. The van der Waals surface area contributed by atoms with Gasteiger partial charge in [0.25, 0.3) is 0 Å². The highest BCUT2D eigenvalue weighted by atomic mass is 79.9. The van der Waals surface area contributed by atoms with Crippen molar-refractivity contribution in [1.82, 2.24) is 9.97 Å². The minimum Gasteiger partial charge on any atom is -0.337 e. The molecule has 0 bridgehead atoms. The molecule has 0 aliphatic heterocycles. The predicted molar refractivity (Wildman–Crippen MR) is 44.8 cm³/mol. The van der Waals surface area contributed by atoms with E-state index in [9.17, 15) is 0 Å². The fraction of sp³-hybridized carbons (Fsp3) is 0. The number of hydrogen-bond acceptors (Lipinski definition) is 2. The molecule has 48 valence electrons. The zero-order valence-corrected chi connectivity index (χ0v) is 8.18. The quantitative estimate of drug-likeness (QED) is 0.734.